The van der Waals surface area contributed by atoms with Gasteiger partial charge in [-0.1, -0.05) is 0 Å². The van der Waals surface area contributed by atoms with E-state index in [1.165, 1.54) is 16.7 Å². The third kappa shape index (κ3) is 5.01. The number of carboxylic acids is 1. The first kappa shape index (κ1) is 16.8. The van der Waals surface area contributed by atoms with Gasteiger partial charge in [-0.25, -0.2) is 14.6 Å². The van der Waals surface area contributed by atoms with E-state index in [-0.39, 0.29) is 22.5 Å². The van der Waals surface area contributed by atoms with Crippen LogP contribution in [0.3, 0.4) is 0 Å². The Morgan fingerprint density at radius 1 is 1.55 bits per heavy atom. The quantitative estimate of drug-likeness (QED) is 0.749. The number of thioether (sulfide) groups is 1. The van der Waals surface area contributed by atoms with Gasteiger partial charge in [-0.15, -0.1) is 11.3 Å². The first-order chi connectivity index (χ1) is 9.25. The van der Waals surface area contributed by atoms with Gasteiger partial charge in [0.2, 0.25) is 0 Å². The van der Waals surface area contributed by atoms with E-state index in [0.29, 0.717) is 11.6 Å². The third-order valence-corrected chi connectivity index (χ3v) is 4.96. The molecule has 1 rings (SSSR count). The van der Waals surface area contributed by atoms with E-state index in [2.05, 4.69) is 15.6 Å². The van der Waals surface area contributed by atoms with Crippen LogP contribution in [0.2, 0.25) is 0 Å². The number of rotatable bonds is 6. The monoisotopic (exact) mass is 317 g/mol. The summed E-state index contributed by atoms with van der Waals surface area (Å²) in [5.41, 5.74) is 0.00238. The molecule has 1 unspecified atom stereocenters. The highest BCUT2D eigenvalue weighted by Gasteiger charge is 2.19. The van der Waals surface area contributed by atoms with Crippen LogP contribution in [0.5, 0.6) is 0 Å². The molecule has 1 aromatic heterocycles. The minimum Gasteiger partial charge on any atom is -0.476 e. The fraction of sp³-hybridized carbons (Fsp3) is 0.583. The van der Waals surface area contributed by atoms with Crippen molar-refractivity contribution in [1.82, 2.24) is 15.6 Å². The van der Waals surface area contributed by atoms with E-state index in [4.69, 9.17) is 5.11 Å². The van der Waals surface area contributed by atoms with Crippen molar-refractivity contribution < 1.29 is 14.7 Å². The van der Waals surface area contributed by atoms with E-state index >= 15 is 0 Å². The number of hydrogen-bond acceptors (Lipinski definition) is 5. The number of aromatic carboxylic acids is 1. The SMILES string of the molecule is CSC(C)(C)CNC(=O)NC(C)c1nc(C(=O)O)cs1. The molecule has 8 heteroatoms. The van der Waals surface area contributed by atoms with E-state index in [1.807, 2.05) is 20.1 Å². The van der Waals surface area contributed by atoms with E-state index < -0.39 is 5.97 Å². The predicted octanol–water partition coefficient (Wildman–Crippen LogP) is 2.34. The van der Waals surface area contributed by atoms with E-state index in [1.54, 1.807) is 18.7 Å². The maximum Gasteiger partial charge on any atom is 0.355 e. The van der Waals surface area contributed by atoms with E-state index in [0.717, 1.165) is 0 Å². The summed E-state index contributed by atoms with van der Waals surface area (Å²) in [5.74, 6) is -1.06. The molecule has 0 spiro atoms. The molecule has 0 aromatic carbocycles. The van der Waals surface area contributed by atoms with Crippen LogP contribution in [-0.2, 0) is 0 Å². The fourth-order valence-electron chi connectivity index (χ4n) is 1.26. The minimum atomic E-state index is -1.06. The number of nitrogens with zero attached hydrogens (tertiary/aromatic N) is 1. The Morgan fingerprint density at radius 2 is 2.20 bits per heavy atom. The second kappa shape index (κ2) is 6.94. The molecule has 0 saturated heterocycles. The van der Waals surface area contributed by atoms with Crippen molar-refractivity contribution in [3.05, 3.63) is 16.1 Å². The number of nitrogens with one attached hydrogen (secondary N) is 2. The second-order valence-electron chi connectivity index (χ2n) is 4.89. The van der Waals surface area contributed by atoms with Crippen LogP contribution >= 0.6 is 23.1 Å². The van der Waals surface area contributed by atoms with Gasteiger partial charge in [0.05, 0.1) is 6.04 Å². The summed E-state index contributed by atoms with van der Waals surface area (Å²) in [5, 5.41) is 16.4. The van der Waals surface area contributed by atoms with Crippen molar-refractivity contribution >= 4 is 35.1 Å². The summed E-state index contributed by atoms with van der Waals surface area (Å²) in [7, 11) is 0. The van der Waals surface area contributed by atoms with Gasteiger partial charge in [-0.05, 0) is 27.0 Å². The molecule has 0 aliphatic rings. The topological polar surface area (TPSA) is 91.3 Å². The van der Waals surface area contributed by atoms with Crippen molar-refractivity contribution in [2.75, 3.05) is 12.8 Å². The summed E-state index contributed by atoms with van der Waals surface area (Å²) in [6.07, 6.45) is 1.99. The maximum absolute atomic E-state index is 11.8. The number of carbonyl (C=O) groups excluding carboxylic acids is 1. The molecule has 0 fully saturated rings. The summed E-state index contributed by atoms with van der Waals surface area (Å²) in [4.78, 5) is 26.5. The van der Waals surface area contributed by atoms with Crippen molar-refractivity contribution in [2.45, 2.75) is 31.6 Å². The molecular formula is C12H19N3O3S2. The normalized spacial score (nSPS) is 12.8. The van der Waals surface area contributed by atoms with Crippen molar-refractivity contribution in [1.29, 1.82) is 0 Å². The third-order valence-electron chi connectivity index (χ3n) is 2.69. The number of amides is 2. The highest BCUT2D eigenvalue weighted by Crippen LogP contribution is 2.20. The first-order valence-electron chi connectivity index (χ1n) is 6.03. The lowest BCUT2D eigenvalue weighted by molar-refractivity contribution is 0.0691. The van der Waals surface area contributed by atoms with Crippen LogP contribution in [0.25, 0.3) is 0 Å². The van der Waals surface area contributed by atoms with Crippen LogP contribution in [-0.4, -0.2) is 39.6 Å². The Labute approximate surface area is 126 Å². The maximum atomic E-state index is 11.8. The molecule has 3 N–H and O–H groups in total. The number of thiazole rings is 1. The van der Waals surface area contributed by atoms with Gasteiger partial charge in [-0.2, -0.15) is 11.8 Å². The molecule has 112 valence electrons. The predicted molar refractivity (Wildman–Crippen MR) is 81.6 cm³/mol. The molecular weight excluding hydrogens is 298 g/mol. The van der Waals surface area contributed by atoms with Gasteiger partial charge in [0.25, 0.3) is 0 Å². The van der Waals surface area contributed by atoms with Gasteiger partial charge < -0.3 is 15.7 Å². The molecule has 1 atom stereocenters. The number of carbonyl (C=O) groups is 2. The lowest BCUT2D eigenvalue weighted by Gasteiger charge is -2.23. The Hall–Kier alpha value is -1.28. The molecule has 20 heavy (non-hydrogen) atoms. The fourth-order valence-corrected chi connectivity index (χ4v) is 2.28. The van der Waals surface area contributed by atoms with Gasteiger partial charge in [0.15, 0.2) is 5.69 Å². The average molecular weight is 317 g/mol. The molecule has 0 aliphatic carbocycles. The van der Waals surface area contributed by atoms with Crippen LogP contribution in [0.15, 0.2) is 5.38 Å². The summed E-state index contributed by atoms with van der Waals surface area (Å²) in [6, 6.07) is -0.614. The lowest BCUT2D eigenvalue weighted by atomic mass is 10.2. The molecule has 0 radical (unpaired) electrons. The molecule has 6 nitrogen and oxygen atoms in total. The largest absolute Gasteiger partial charge is 0.476 e. The molecule has 2 amide bonds. The lowest BCUT2D eigenvalue weighted by Crippen LogP contribution is -2.42. The first-order valence-corrected chi connectivity index (χ1v) is 8.14. The zero-order chi connectivity index (χ0) is 15.3. The summed E-state index contributed by atoms with van der Waals surface area (Å²) in [6.45, 7) is 6.40. The van der Waals surface area contributed by atoms with Crippen LogP contribution in [0.4, 0.5) is 4.79 Å². The second-order valence-corrected chi connectivity index (χ2v) is 7.29. The Balaban J connectivity index is 2.50. The molecule has 1 heterocycles. The van der Waals surface area contributed by atoms with Crippen molar-refractivity contribution in [2.24, 2.45) is 0 Å². The number of aromatic nitrogens is 1. The number of urea groups is 1. The van der Waals surface area contributed by atoms with Crippen molar-refractivity contribution in [3.8, 4) is 0 Å². The highest BCUT2D eigenvalue weighted by atomic mass is 32.2. The molecule has 0 bridgehead atoms. The molecule has 1 aromatic rings. The van der Waals surface area contributed by atoms with Crippen LogP contribution in [0.1, 0.15) is 42.3 Å². The van der Waals surface area contributed by atoms with Gasteiger partial charge >= 0.3 is 12.0 Å². The van der Waals surface area contributed by atoms with E-state index in [9.17, 15) is 9.59 Å². The average Bonchev–Trinajstić information content (AvgIpc) is 2.86. The van der Waals surface area contributed by atoms with Crippen LogP contribution in [0, 0.1) is 0 Å². The number of hydrogen-bond donors (Lipinski definition) is 3. The zero-order valence-corrected chi connectivity index (χ0v) is 13.5. The molecule has 0 aliphatic heterocycles. The summed E-state index contributed by atoms with van der Waals surface area (Å²) >= 11 is 2.89. The highest BCUT2D eigenvalue weighted by molar-refractivity contribution is 7.99. The van der Waals surface area contributed by atoms with Gasteiger partial charge in [0.1, 0.15) is 5.01 Å². The Bertz CT molecular complexity index is 488. The van der Waals surface area contributed by atoms with Crippen molar-refractivity contribution in [3.63, 3.8) is 0 Å². The zero-order valence-electron chi connectivity index (χ0n) is 11.9. The van der Waals surface area contributed by atoms with Crippen LogP contribution < -0.4 is 10.6 Å². The van der Waals surface area contributed by atoms with Gasteiger partial charge in [-0.3, -0.25) is 0 Å². The Kier molecular flexibility index (Phi) is 5.82. The molecule has 0 saturated carbocycles. The minimum absolute atomic E-state index is 0.00238. The standard InChI is InChI=1S/C12H19N3O3S2/c1-7(9-15-8(5-20-9)10(16)17)14-11(18)13-6-12(2,3)19-4/h5,7H,6H2,1-4H3,(H,16,17)(H2,13,14,18). The number of carboxylic acid groups (broad SMARTS) is 1. The van der Waals surface area contributed by atoms with Gasteiger partial charge in [0, 0.05) is 16.7 Å². The smallest absolute Gasteiger partial charge is 0.355 e. The summed E-state index contributed by atoms with van der Waals surface area (Å²) < 4.78 is -0.0295. The Morgan fingerprint density at radius 3 is 2.70 bits per heavy atom.